The number of nitrogens with one attached hydrogen (secondary N) is 2. The quantitative estimate of drug-likeness (QED) is 0.0590. The number of aromatic amines is 1. The number of hydrogen-bond donors (Lipinski definition) is 2. The fraction of sp³-hybridized carbons (Fsp3) is 0.590. The maximum Gasteiger partial charge on any atom is 0.410 e. The number of sulfone groups is 1. The second-order valence-electron chi connectivity index (χ2n) is 25.0. The molecule has 0 spiro atoms. The number of pyridine rings is 1. The van der Waals surface area contributed by atoms with Crippen molar-refractivity contribution in [1.29, 1.82) is 0 Å². The van der Waals surface area contributed by atoms with Crippen LogP contribution in [0, 0.1) is 19.7 Å². The minimum absolute atomic E-state index is 0.0110. The van der Waals surface area contributed by atoms with Gasteiger partial charge in [0.2, 0.25) is 11.8 Å². The number of aromatic nitrogens is 5. The number of amides is 3. The van der Waals surface area contributed by atoms with E-state index in [1.807, 2.05) is 63.6 Å². The van der Waals surface area contributed by atoms with Gasteiger partial charge in [-0.25, -0.2) is 27.6 Å². The Morgan fingerprint density at radius 3 is 2.08 bits per heavy atom. The first-order valence-corrected chi connectivity index (χ1v) is 30.7. The zero-order chi connectivity index (χ0) is 61.4. The van der Waals surface area contributed by atoms with E-state index >= 15 is 0 Å². The topological polar surface area (TPSA) is 236 Å². The van der Waals surface area contributed by atoms with Gasteiger partial charge in [0.1, 0.15) is 47.4 Å². The predicted octanol–water partition coefficient (Wildman–Crippen LogP) is 7.02. The Hall–Kier alpha value is -6.41. The second kappa shape index (κ2) is 27.5. The van der Waals surface area contributed by atoms with Crippen molar-refractivity contribution in [2.75, 3.05) is 122 Å². The van der Waals surface area contributed by atoms with Crippen LogP contribution in [0.3, 0.4) is 0 Å². The highest BCUT2D eigenvalue weighted by Gasteiger charge is 2.43. The fourth-order valence-electron chi connectivity index (χ4n) is 10.7. The van der Waals surface area contributed by atoms with Crippen LogP contribution < -0.4 is 15.0 Å². The molecule has 24 heteroatoms. The lowest BCUT2D eigenvalue weighted by Crippen LogP contribution is -2.65. The smallest absolute Gasteiger partial charge is 0.410 e. The highest BCUT2D eigenvalue weighted by atomic mass is 32.2. The number of ether oxygens (including phenoxy) is 6. The molecule has 0 saturated carbocycles. The van der Waals surface area contributed by atoms with Gasteiger partial charge in [0, 0.05) is 98.3 Å². The molecule has 5 aromatic rings. The molecule has 2 N–H and O–H groups in total. The van der Waals surface area contributed by atoms with E-state index in [4.69, 9.17) is 33.4 Å². The van der Waals surface area contributed by atoms with E-state index in [9.17, 15) is 27.2 Å². The van der Waals surface area contributed by atoms with Crippen molar-refractivity contribution in [3.63, 3.8) is 0 Å². The monoisotopic (exact) mass is 1200 g/mol. The third-order valence-corrected chi connectivity index (χ3v) is 18.1. The minimum atomic E-state index is -3.86. The minimum Gasteiger partial charge on any atom is -0.490 e. The number of fused-ring (bicyclic) bond motifs is 2. The molecule has 3 aliphatic rings. The lowest BCUT2D eigenvalue weighted by atomic mass is 9.91. The number of carbonyl (C=O) groups is 3. The summed E-state index contributed by atoms with van der Waals surface area (Å²) in [7, 11) is -3.86. The normalized spacial score (nSPS) is 18.7. The van der Waals surface area contributed by atoms with Gasteiger partial charge in [0.25, 0.3) is 0 Å². The van der Waals surface area contributed by atoms with E-state index < -0.39 is 20.2 Å². The van der Waals surface area contributed by atoms with Crippen LogP contribution >= 0.6 is 0 Å². The molecule has 2 fully saturated rings. The van der Waals surface area contributed by atoms with E-state index in [1.165, 1.54) is 18.5 Å². The number of hydrogen-bond acceptors (Lipinski definition) is 18. The first-order valence-electron chi connectivity index (χ1n) is 29.2. The van der Waals surface area contributed by atoms with Crippen LogP contribution in [0.4, 0.5) is 26.5 Å². The number of anilines is 3. The molecule has 2 aromatic carbocycles. The van der Waals surface area contributed by atoms with Crippen molar-refractivity contribution < 1.29 is 55.6 Å². The van der Waals surface area contributed by atoms with Crippen molar-refractivity contribution in [2.24, 2.45) is 0 Å². The molecule has 3 aromatic heterocycles. The number of nitrogens with zero attached hydrogens (tertiary/aromatic N) is 9. The average Bonchev–Trinajstić information content (AvgIpc) is 1.95. The van der Waals surface area contributed by atoms with Crippen LogP contribution in [-0.4, -0.2) is 211 Å². The van der Waals surface area contributed by atoms with Crippen LogP contribution in [0.15, 0.2) is 59.9 Å². The maximum absolute atomic E-state index is 14.6. The summed E-state index contributed by atoms with van der Waals surface area (Å²) >= 11 is 0. The van der Waals surface area contributed by atoms with Crippen LogP contribution in [0.5, 0.6) is 5.75 Å². The van der Waals surface area contributed by atoms with Crippen molar-refractivity contribution in [2.45, 2.75) is 128 Å². The summed E-state index contributed by atoms with van der Waals surface area (Å²) in [5.74, 6) is 0.697. The molecule has 3 unspecified atom stereocenters. The molecule has 8 rings (SSSR count). The van der Waals surface area contributed by atoms with Gasteiger partial charge in [-0.05, 0) is 111 Å². The predicted molar refractivity (Wildman–Crippen MR) is 321 cm³/mol. The zero-order valence-corrected chi connectivity index (χ0v) is 52.3. The SMILES string of the molecule is Cc1[nH]nc(Nc2ncnc3cc(OCCOCCOCCOCCOCC(=O)N4CCN(CC5CN(C(=O)OC(C)(C)C)C(C)CN5CC(=O)N5CC(C)(C)c6ncc(Cc7ccc(F)cc7)cc65)C(C)C4)c(S(=O)(=O)C(C)(C)C)cc23)c1C. The highest BCUT2D eigenvalue weighted by molar-refractivity contribution is 7.92. The van der Waals surface area contributed by atoms with Gasteiger partial charge in [-0.2, -0.15) is 5.10 Å². The molecule has 3 amide bonds. The average molecular weight is 1200 g/mol. The summed E-state index contributed by atoms with van der Waals surface area (Å²) in [6.45, 7) is 28.1. The largest absolute Gasteiger partial charge is 0.490 e. The Balaban J connectivity index is 0.744. The van der Waals surface area contributed by atoms with Gasteiger partial charge in [-0.1, -0.05) is 26.0 Å². The van der Waals surface area contributed by atoms with E-state index in [-0.39, 0.29) is 104 Å². The summed E-state index contributed by atoms with van der Waals surface area (Å²) < 4.78 is 74.9. The van der Waals surface area contributed by atoms with E-state index in [1.54, 1.807) is 49.9 Å². The molecule has 0 bridgehead atoms. The molecular weight excluding hydrogens is 1110 g/mol. The molecule has 85 heavy (non-hydrogen) atoms. The fourth-order valence-corrected chi connectivity index (χ4v) is 12.0. The summed E-state index contributed by atoms with van der Waals surface area (Å²) in [5, 5.41) is 10.9. The maximum atomic E-state index is 14.6. The van der Waals surface area contributed by atoms with E-state index in [0.717, 1.165) is 33.8 Å². The standard InChI is InChI=1S/C61H86FN11O11S/c1-40-32-70(54(75)37-82-24-23-80-20-19-79-21-22-81-25-26-83-51-30-49-48(29-52(51)85(77,78)60(8,9)10)57(65-39-64-49)66-56-42(3)43(4)67-68-56)18-17-69(40)34-47-35-72(58(76)84-59(5,6)7)41(2)33-71(47)36-53(74)73-38-61(11,12)55-50(73)28-45(31-63-55)27-44-13-15-46(62)16-14-44/h13-16,28-31,39-41,47H,17-27,32-38H2,1-12H3,(H2,64,65,66,67,68). The third-order valence-electron chi connectivity index (χ3n) is 15.6. The lowest BCUT2D eigenvalue weighted by molar-refractivity contribution is -0.140. The summed E-state index contributed by atoms with van der Waals surface area (Å²) in [5.41, 5.74) is 4.76. The molecular formula is C61H86FN11O11S. The molecule has 0 radical (unpaired) electrons. The number of rotatable bonds is 24. The van der Waals surface area contributed by atoms with Gasteiger partial charge >= 0.3 is 6.09 Å². The Morgan fingerprint density at radius 2 is 1.45 bits per heavy atom. The van der Waals surface area contributed by atoms with Gasteiger partial charge in [0.05, 0.1) is 74.4 Å². The van der Waals surface area contributed by atoms with Crippen LogP contribution in [0.1, 0.15) is 97.3 Å². The first-order chi connectivity index (χ1) is 40.2. The zero-order valence-electron chi connectivity index (χ0n) is 51.5. The first kappa shape index (κ1) is 64.6. The number of aryl methyl sites for hydroxylation is 1. The van der Waals surface area contributed by atoms with E-state index in [0.29, 0.717) is 94.6 Å². The van der Waals surface area contributed by atoms with Crippen molar-refractivity contribution >= 4 is 56.0 Å². The number of carbonyl (C=O) groups excluding carboxylic acids is 3. The molecule has 3 atom stereocenters. The molecule has 464 valence electrons. The molecule has 6 heterocycles. The van der Waals surface area contributed by atoms with Crippen molar-refractivity contribution in [3.8, 4) is 5.75 Å². The Bertz CT molecular complexity index is 3240. The molecule has 22 nitrogen and oxygen atoms in total. The van der Waals surface area contributed by atoms with Gasteiger partial charge in [-0.3, -0.25) is 29.5 Å². The van der Waals surface area contributed by atoms with Crippen molar-refractivity contribution in [3.05, 3.63) is 88.9 Å². The van der Waals surface area contributed by atoms with E-state index in [2.05, 4.69) is 56.1 Å². The molecule has 3 aliphatic heterocycles. The van der Waals surface area contributed by atoms with Gasteiger partial charge < -0.3 is 48.4 Å². The number of piperazine rings is 2. The second-order valence-corrected chi connectivity index (χ2v) is 27.6. The Kier molecular flexibility index (Phi) is 20.9. The third kappa shape index (κ3) is 16.4. The summed E-state index contributed by atoms with van der Waals surface area (Å²) in [4.78, 5) is 65.2. The summed E-state index contributed by atoms with van der Waals surface area (Å²) in [6, 6.07) is 11.2. The number of benzene rings is 2. The number of H-pyrrole nitrogens is 1. The summed E-state index contributed by atoms with van der Waals surface area (Å²) in [6.07, 6.45) is 3.40. The van der Waals surface area contributed by atoms with Crippen LogP contribution in [0.2, 0.25) is 0 Å². The van der Waals surface area contributed by atoms with Crippen LogP contribution in [-0.2, 0) is 54.9 Å². The highest BCUT2D eigenvalue weighted by Crippen LogP contribution is 2.41. The Morgan fingerprint density at radius 1 is 0.776 bits per heavy atom. The number of halogens is 1. The molecule has 0 aliphatic carbocycles. The van der Waals surface area contributed by atoms with Crippen LogP contribution in [0.25, 0.3) is 10.9 Å². The van der Waals surface area contributed by atoms with Gasteiger partial charge in [-0.15, -0.1) is 0 Å². The lowest BCUT2D eigenvalue weighted by Gasteiger charge is -2.48. The Labute approximate surface area is 499 Å². The van der Waals surface area contributed by atoms with Gasteiger partial charge in [0.15, 0.2) is 15.7 Å². The molecule has 2 saturated heterocycles. The van der Waals surface area contributed by atoms with Crippen molar-refractivity contribution in [1.82, 2.24) is 44.7 Å².